The quantitative estimate of drug-likeness (QED) is 0.557. The number of aromatic hydroxyl groups is 1. The van der Waals surface area contributed by atoms with Gasteiger partial charge in [-0.1, -0.05) is 49.9 Å². The van der Waals surface area contributed by atoms with Crippen LogP contribution >= 0.6 is 0 Å². The number of benzene rings is 2. The number of Topliss-reactive ketones (excluding diaryl/α,β-unsaturated/α-hetero) is 1. The van der Waals surface area contributed by atoms with Gasteiger partial charge in [0.2, 0.25) is 5.78 Å². The number of phenols is 1. The fourth-order valence-electron chi connectivity index (χ4n) is 3.15. The maximum atomic E-state index is 12.6. The Kier molecular flexibility index (Phi) is 4.13. The van der Waals surface area contributed by atoms with Crippen LogP contribution in [-0.2, 0) is 13.0 Å². The third-order valence-corrected chi connectivity index (χ3v) is 4.21. The van der Waals surface area contributed by atoms with Crippen molar-refractivity contribution in [1.82, 2.24) is 4.57 Å². The minimum atomic E-state index is -0.329. The number of nitrogens with two attached hydrogens (primary N) is 1. The van der Waals surface area contributed by atoms with E-state index in [4.69, 9.17) is 5.73 Å². The standard InChI is InChI=1S/C20H20N2O2/c1-3-15-19(20(24)13(2)21)18-16(10-7-11-17(18)23)22(15)12-14-8-5-4-6-9-14/h4-11,23H,2-3,12,21H2,1H3. The van der Waals surface area contributed by atoms with Crippen LogP contribution in [0, 0.1) is 0 Å². The van der Waals surface area contributed by atoms with Gasteiger partial charge < -0.3 is 15.4 Å². The molecule has 0 fully saturated rings. The van der Waals surface area contributed by atoms with Gasteiger partial charge in [-0.2, -0.15) is 0 Å². The molecule has 3 N–H and O–H groups in total. The van der Waals surface area contributed by atoms with Crippen LogP contribution in [0.15, 0.2) is 60.8 Å². The Morgan fingerprint density at radius 1 is 1.17 bits per heavy atom. The highest BCUT2D eigenvalue weighted by Crippen LogP contribution is 2.34. The number of carbonyl (C=O) groups excluding carboxylic acids is 1. The first kappa shape index (κ1) is 15.9. The Bertz CT molecular complexity index is 924. The third kappa shape index (κ3) is 2.56. The van der Waals surface area contributed by atoms with Crippen molar-refractivity contribution >= 4 is 16.7 Å². The Balaban J connectivity index is 2.31. The molecule has 0 amide bonds. The maximum absolute atomic E-state index is 12.6. The zero-order valence-corrected chi connectivity index (χ0v) is 13.6. The average molecular weight is 320 g/mol. The minimum absolute atomic E-state index is 0.0216. The molecule has 0 bridgehead atoms. The van der Waals surface area contributed by atoms with Gasteiger partial charge in [-0.05, 0) is 24.1 Å². The van der Waals surface area contributed by atoms with Crippen LogP contribution in [0.5, 0.6) is 5.75 Å². The molecule has 0 spiro atoms. The fourth-order valence-corrected chi connectivity index (χ4v) is 3.15. The molecule has 3 aromatic rings. The summed E-state index contributed by atoms with van der Waals surface area (Å²) in [5.41, 5.74) is 8.89. The molecule has 0 aliphatic heterocycles. The molecule has 0 radical (unpaired) electrons. The lowest BCUT2D eigenvalue weighted by Gasteiger charge is -2.11. The summed E-state index contributed by atoms with van der Waals surface area (Å²) < 4.78 is 2.07. The first-order valence-electron chi connectivity index (χ1n) is 7.90. The summed E-state index contributed by atoms with van der Waals surface area (Å²) in [6.45, 7) is 6.18. The number of nitrogens with zero attached hydrogens (tertiary/aromatic N) is 1. The number of hydrogen-bond acceptors (Lipinski definition) is 3. The highest BCUT2D eigenvalue weighted by molar-refractivity contribution is 6.18. The van der Waals surface area contributed by atoms with E-state index in [-0.39, 0.29) is 17.2 Å². The van der Waals surface area contributed by atoms with Gasteiger partial charge in [0.25, 0.3) is 0 Å². The zero-order valence-electron chi connectivity index (χ0n) is 13.6. The van der Waals surface area contributed by atoms with E-state index in [2.05, 4.69) is 11.1 Å². The van der Waals surface area contributed by atoms with Crippen molar-refractivity contribution in [2.75, 3.05) is 0 Å². The molecule has 4 nitrogen and oxygen atoms in total. The normalized spacial score (nSPS) is 10.9. The summed E-state index contributed by atoms with van der Waals surface area (Å²) in [6, 6.07) is 15.3. The highest BCUT2D eigenvalue weighted by atomic mass is 16.3. The van der Waals surface area contributed by atoms with Crippen LogP contribution in [0.1, 0.15) is 28.5 Å². The molecule has 3 rings (SSSR count). The molecule has 0 unspecified atom stereocenters. The van der Waals surface area contributed by atoms with E-state index in [1.54, 1.807) is 12.1 Å². The van der Waals surface area contributed by atoms with Crippen LogP contribution in [0.3, 0.4) is 0 Å². The molecule has 0 saturated heterocycles. The van der Waals surface area contributed by atoms with E-state index in [0.717, 1.165) is 16.8 Å². The van der Waals surface area contributed by atoms with Crippen LogP contribution in [0.4, 0.5) is 0 Å². The number of phenolic OH excluding ortho intramolecular Hbond substituents is 1. The van der Waals surface area contributed by atoms with Gasteiger partial charge in [-0.3, -0.25) is 4.79 Å². The Morgan fingerprint density at radius 2 is 1.88 bits per heavy atom. The second kappa shape index (κ2) is 6.24. The summed E-state index contributed by atoms with van der Waals surface area (Å²) >= 11 is 0. The van der Waals surface area contributed by atoms with E-state index in [1.165, 1.54) is 0 Å². The second-order valence-corrected chi connectivity index (χ2v) is 5.77. The number of rotatable bonds is 5. The van der Waals surface area contributed by atoms with Crippen molar-refractivity contribution in [1.29, 1.82) is 0 Å². The Labute approximate surface area is 140 Å². The van der Waals surface area contributed by atoms with Crippen LogP contribution < -0.4 is 5.73 Å². The monoisotopic (exact) mass is 320 g/mol. The van der Waals surface area contributed by atoms with Crippen molar-refractivity contribution in [2.45, 2.75) is 19.9 Å². The van der Waals surface area contributed by atoms with Gasteiger partial charge in [0, 0.05) is 12.2 Å². The number of allylic oxidation sites excluding steroid dienone is 1. The van der Waals surface area contributed by atoms with Crippen LogP contribution in [0.25, 0.3) is 10.9 Å². The molecule has 24 heavy (non-hydrogen) atoms. The SMILES string of the molecule is C=C(N)C(=O)c1c(CC)n(Cc2ccccc2)c2cccc(O)c12. The topological polar surface area (TPSA) is 68.2 Å². The van der Waals surface area contributed by atoms with Crippen LogP contribution in [-0.4, -0.2) is 15.5 Å². The van der Waals surface area contributed by atoms with Gasteiger partial charge in [0.15, 0.2) is 0 Å². The van der Waals surface area contributed by atoms with Crippen molar-refractivity contribution < 1.29 is 9.90 Å². The lowest BCUT2D eigenvalue weighted by Crippen LogP contribution is -2.13. The van der Waals surface area contributed by atoms with Crippen molar-refractivity contribution in [2.24, 2.45) is 5.73 Å². The molecule has 0 atom stereocenters. The lowest BCUT2D eigenvalue weighted by atomic mass is 10.0. The van der Waals surface area contributed by atoms with Gasteiger partial charge in [0.1, 0.15) is 5.75 Å². The first-order valence-corrected chi connectivity index (χ1v) is 7.90. The summed E-state index contributed by atoms with van der Waals surface area (Å²) in [6.07, 6.45) is 0.648. The van der Waals surface area contributed by atoms with Crippen molar-refractivity contribution in [3.8, 4) is 5.75 Å². The number of fused-ring (bicyclic) bond motifs is 1. The van der Waals surface area contributed by atoms with Crippen LogP contribution in [0.2, 0.25) is 0 Å². The molecule has 0 aliphatic rings. The summed E-state index contributed by atoms with van der Waals surface area (Å²) in [5, 5.41) is 10.9. The van der Waals surface area contributed by atoms with E-state index >= 15 is 0 Å². The minimum Gasteiger partial charge on any atom is -0.507 e. The van der Waals surface area contributed by atoms with E-state index in [1.807, 2.05) is 43.3 Å². The van der Waals surface area contributed by atoms with Crippen molar-refractivity contribution in [3.05, 3.63) is 77.6 Å². The molecule has 122 valence electrons. The van der Waals surface area contributed by atoms with Gasteiger partial charge in [0.05, 0.1) is 22.2 Å². The van der Waals surface area contributed by atoms with E-state index in [9.17, 15) is 9.90 Å². The number of hydrogen-bond donors (Lipinski definition) is 2. The maximum Gasteiger partial charge on any atom is 0.210 e. The Morgan fingerprint density at radius 3 is 2.50 bits per heavy atom. The summed E-state index contributed by atoms with van der Waals surface area (Å²) in [7, 11) is 0. The molecule has 1 heterocycles. The van der Waals surface area contributed by atoms with Crippen molar-refractivity contribution in [3.63, 3.8) is 0 Å². The summed E-state index contributed by atoms with van der Waals surface area (Å²) in [4.78, 5) is 12.6. The van der Waals surface area contributed by atoms with E-state index in [0.29, 0.717) is 23.9 Å². The lowest BCUT2D eigenvalue weighted by molar-refractivity contribution is 0.103. The smallest absolute Gasteiger partial charge is 0.210 e. The molecule has 0 aliphatic carbocycles. The van der Waals surface area contributed by atoms with E-state index < -0.39 is 0 Å². The van der Waals surface area contributed by atoms with Gasteiger partial charge >= 0.3 is 0 Å². The zero-order chi connectivity index (χ0) is 17.3. The molecule has 2 aromatic carbocycles. The third-order valence-electron chi connectivity index (χ3n) is 4.21. The first-order chi connectivity index (χ1) is 11.5. The largest absolute Gasteiger partial charge is 0.507 e. The van der Waals surface area contributed by atoms with Gasteiger partial charge in [-0.25, -0.2) is 0 Å². The highest BCUT2D eigenvalue weighted by Gasteiger charge is 2.24. The summed E-state index contributed by atoms with van der Waals surface area (Å²) in [5.74, 6) is -0.247. The number of aromatic nitrogens is 1. The molecular weight excluding hydrogens is 300 g/mol. The molecule has 1 aromatic heterocycles. The Hall–Kier alpha value is -3.01. The van der Waals surface area contributed by atoms with Gasteiger partial charge in [-0.15, -0.1) is 0 Å². The number of carbonyl (C=O) groups is 1. The molecule has 0 saturated carbocycles. The average Bonchev–Trinajstić information content (AvgIpc) is 2.90. The molecular formula is C20H20N2O2. The predicted octanol–water partition coefficient (Wildman–Crippen LogP) is 3.61. The number of ketones is 1. The fraction of sp³-hybridized carbons (Fsp3) is 0.150. The molecule has 4 heteroatoms. The predicted molar refractivity (Wildman–Crippen MR) is 96.2 cm³/mol. The second-order valence-electron chi connectivity index (χ2n) is 5.77.